The molecule has 3 aliphatic rings. The van der Waals surface area contributed by atoms with Crippen LogP contribution >= 0.6 is 0 Å². The summed E-state index contributed by atoms with van der Waals surface area (Å²) in [4.78, 5) is 14.9. The van der Waals surface area contributed by atoms with Crippen LogP contribution in [0.5, 0.6) is 0 Å². The molecule has 0 aromatic carbocycles. The van der Waals surface area contributed by atoms with Crippen LogP contribution in [-0.4, -0.2) is 22.8 Å². The first-order chi connectivity index (χ1) is 7.83. The SMILES string of the molecule is O=c1nc2n(CC3CCOC3)cccc-2o1. The average molecular weight is 220 g/mol. The van der Waals surface area contributed by atoms with Gasteiger partial charge in [-0.2, -0.15) is 4.98 Å². The Morgan fingerprint density at radius 3 is 3.31 bits per heavy atom. The van der Waals surface area contributed by atoms with Crippen molar-refractivity contribution in [1.82, 2.24) is 9.55 Å². The number of aromatic nitrogens is 2. The van der Waals surface area contributed by atoms with Crippen LogP contribution in [0, 0.1) is 5.92 Å². The van der Waals surface area contributed by atoms with Gasteiger partial charge in [-0.3, -0.25) is 0 Å². The van der Waals surface area contributed by atoms with Crippen LogP contribution in [0.4, 0.5) is 0 Å². The van der Waals surface area contributed by atoms with E-state index in [1.165, 1.54) is 0 Å². The van der Waals surface area contributed by atoms with Gasteiger partial charge in [0.05, 0.1) is 6.61 Å². The van der Waals surface area contributed by atoms with Crippen molar-refractivity contribution in [1.29, 1.82) is 0 Å². The van der Waals surface area contributed by atoms with Crippen molar-refractivity contribution in [3.8, 4) is 11.6 Å². The average Bonchev–Trinajstić information content (AvgIpc) is 2.86. The minimum absolute atomic E-state index is 0.502. The molecule has 84 valence electrons. The van der Waals surface area contributed by atoms with Gasteiger partial charge in [-0.05, 0) is 18.6 Å². The summed E-state index contributed by atoms with van der Waals surface area (Å²) >= 11 is 0. The van der Waals surface area contributed by atoms with Crippen molar-refractivity contribution in [2.24, 2.45) is 5.92 Å². The van der Waals surface area contributed by atoms with E-state index in [2.05, 4.69) is 4.98 Å². The summed E-state index contributed by atoms with van der Waals surface area (Å²) in [6.45, 7) is 2.43. The Morgan fingerprint density at radius 1 is 1.56 bits per heavy atom. The summed E-state index contributed by atoms with van der Waals surface area (Å²) in [6.07, 6.45) is 2.98. The van der Waals surface area contributed by atoms with Gasteiger partial charge in [-0.25, -0.2) is 4.79 Å². The number of rotatable bonds is 2. The van der Waals surface area contributed by atoms with E-state index in [0.717, 1.165) is 26.2 Å². The van der Waals surface area contributed by atoms with Crippen LogP contribution < -0.4 is 5.76 Å². The molecule has 0 amide bonds. The Hall–Kier alpha value is -1.62. The van der Waals surface area contributed by atoms with Crippen LogP contribution in [0.1, 0.15) is 6.42 Å². The number of hydrogen-bond acceptors (Lipinski definition) is 4. The van der Waals surface area contributed by atoms with Crippen molar-refractivity contribution in [2.45, 2.75) is 13.0 Å². The molecule has 0 bridgehead atoms. The summed E-state index contributed by atoms with van der Waals surface area (Å²) in [6, 6.07) is 3.62. The third-order valence-electron chi connectivity index (χ3n) is 2.88. The fourth-order valence-electron chi connectivity index (χ4n) is 2.08. The Bertz CT molecular complexity index is 510. The molecule has 3 aliphatic heterocycles. The monoisotopic (exact) mass is 220 g/mol. The zero-order valence-electron chi connectivity index (χ0n) is 8.76. The zero-order valence-corrected chi connectivity index (χ0v) is 8.76. The lowest BCUT2D eigenvalue weighted by molar-refractivity contribution is 0.182. The smallest absolute Gasteiger partial charge is 0.405 e. The molecule has 1 fully saturated rings. The predicted molar refractivity (Wildman–Crippen MR) is 56.3 cm³/mol. The quantitative estimate of drug-likeness (QED) is 0.757. The van der Waals surface area contributed by atoms with Gasteiger partial charge in [0.2, 0.25) is 0 Å². The molecule has 0 spiro atoms. The highest BCUT2D eigenvalue weighted by molar-refractivity contribution is 5.47. The van der Waals surface area contributed by atoms with Gasteiger partial charge < -0.3 is 13.7 Å². The van der Waals surface area contributed by atoms with Crippen molar-refractivity contribution in [2.75, 3.05) is 13.2 Å². The van der Waals surface area contributed by atoms with Crippen molar-refractivity contribution in [3.63, 3.8) is 0 Å². The van der Waals surface area contributed by atoms with E-state index in [-0.39, 0.29) is 0 Å². The van der Waals surface area contributed by atoms with E-state index in [4.69, 9.17) is 9.15 Å². The van der Waals surface area contributed by atoms with Crippen LogP contribution in [-0.2, 0) is 11.3 Å². The van der Waals surface area contributed by atoms with Crippen LogP contribution in [0.2, 0.25) is 0 Å². The Morgan fingerprint density at radius 2 is 2.50 bits per heavy atom. The van der Waals surface area contributed by atoms with Crippen LogP contribution in [0.15, 0.2) is 27.5 Å². The van der Waals surface area contributed by atoms with Crippen molar-refractivity contribution < 1.29 is 9.15 Å². The van der Waals surface area contributed by atoms with Crippen LogP contribution in [0.3, 0.4) is 0 Å². The molecule has 0 N–H and O–H groups in total. The minimum atomic E-state index is -0.530. The standard InChI is InChI=1S/C11H12N2O3/c14-11-12-10-9(16-11)2-1-4-13(10)6-8-3-5-15-7-8/h1-2,4,8H,3,5-7H2. The summed E-state index contributed by atoms with van der Waals surface area (Å²) < 4.78 is 12.2. The molecule has 0 aliphatic carbocycles. The molecule has 5 heteroatoms. The fourth-order valence-corrected chi connectivity index (χ4v) is 2.08. The first-order valence-corrected chi connectivity index (χ1v) is 5.37. The van der Waals surface area contributed by atoms with E-state index < -0.39 is 5.76 Å². The second kappa shape index (κ2) is 3.75. The predicted octanol–water partition coefficient (Wildman–Crippen LogP) is 0.978. The molecule has 1 unspecified atom stereocenters. The van der Waals surface area contributed by atoms with Gasteiger partial charge in [0, 0.05) is 25.3 Å². The maximum Gasteiger partial charge on any atom is 0.441 e. The van der Waals surface area contributed by atoms with E-state index >= 15 is 0 Å². The van der Waals surface area contributed by atoms with E-state index in [1.807, 2.05) is 16.8 Å². The zero-order chi connectivity index (χ0) is 11.0. The first kappa shape index (κ1) is 9.59. The van der Waals surface area contributed by atoms with Gasteiger partial charge in [-0.15, -0.1) is 0 Å². The summed E-state index contributed by atoms with van der Waals surface area (Å²) in [5.74, 6) is 1.14. The largest absolute Gasteiger partial charge is 0.441 e. The molecule has 0 saturated carbocycles. The van der Waals surface area contributed by atoms with Crippen molar-refractivity contribution >= 4 is 0 Å². The minimum Gasteiger partial charge on any atom is -0.405 e. The molecule has 0 aromatic heterocycles. The number of ether oxygens (including phenoxy) is 1. The molecule has 16 heavy (non-hydrogen) atoms. The second-order valence-corrected chi connectivity index (χ2v) is 4.06. The maximum absolute atomic E-state index is 11.1. The highest BCUT2D eigenvalue weighted by Crippen LogP contribution is 2.21. The lowest BCUT2D eigenvalue weighted by Gasteiger charge is -2.13. The van der Waals surface area contributed by atoms with Gasteiger partial charge in [0.1, 0.15) is 0 Å². The number of hydrogen-bond donors (Lipinski definition) is 0. The Labute approximate surface area is 92.0 Å². The van der Waals surface area contributed by atoms with Gasteiger partial charge in [0.25, 0.3) is 0 Å². The number of nitrogens with zero attached hydrogens (tertiary/aromatic N) is 2. The van der Waals surface area contributed by atoms with Crippen molar-refractivity contribution in [3.05, 3.63) is 28.9 Å². The summed E-state index contributed by atoms with van der Waals surface area (Å²) in [5.41, 5.74) is 0. The molecular formula is C11H12N2O3. The first-order valence-electron chi connectivity index (χ1n) is 5.37. The highest BCUT2D eigenvalue weighted by atomic mass is 16.5. The van der Waals surface area contributed by atoms with E-state index in [9.17, 15) is 4.79 Å². The van der Waals surface area contributed by atoms with Gasteiger partial charge in [-0.1, -0.05) is 0 Å². The molecule has 3 rings (SSSR count). The molecule has 0 radical (unpaired) electrons. The third kappa shape index (κ3) is 1.63. The molecule has 0 aromatic rings. The molecule has 1 saturated heterocycles. The van der Waals surface area contributed by atoms with E-state index in [0.29, 0.717) is 17.5 Å². The molecule has 1 atom stereocenters. The highest BCUT2D eigenvalue weighted by Gasteiger charge is 2.19. The Kier molecular flexibility index (Phi) is 2.25. The maximum atomic E-state index is 11.1. The summed E-state index contributed by atoms with van der Waals surface area (Å²) in [7, 11) is 0. The number of pyridine rings is 1. The molecule has 3 heterocycles. The molecular weight excluding hydrogens is 208 g/mol. The third-order valence-corrected chi connectivity index (χ3v) is 2.88. The van der Waals surface area contributed by atoms with E-state index in [1.54, 1.807) is 6.07 Å². The fraction of sp³-hybridized carbons (Fsp3) is 0.455. The van der Waals surface area contributed by atoms with Crippen LogP contribution in [0.25, 0.3) is 11.6 Å². The number of oxazole rings is 1. The Balaban J connectivity index is 1.94. The number of fused-ring (bicyclic) bond motifs is 1. The topological polar surface area (TPSA) is 57.3 Å². The normalized spacial score (nSPS) is 20.6. The van der Waals surface area contributed by atoms with Gasteiger partial charge >= 0.3 is 5.76 Å². The van der Waals surface area contributed by atoms with Gasteiger partial charge in [0.15, 0.2) is 11.6 Å². The second-order valence-electron chi connectivity index (χ2n) is 4.06. The molecule has 5 nitrogen and oxygen atoms in total. The lowest BCUT2D eigenvalue weighted by atomic mass is 10.1. The summed E-state index contributed by atoms with van der Waals surface area (Å²) in [5, 5.41) is 0. The lowest BCUT2D eigenvalue weighted by Crippen LogP contribution is -2.13.